The molecule has 0 atom stereocenters. The van der Waals surface area contributed by atoms with Gasteiger partial charge in [-0.2, -0.15) is 0 Å². The van der Waals surface area contributed by atoms with Gasteiger partial charge in [-0.05, 0) is 11.6 Å². The van der Waals surface area contributed by atoms with Gasteiger partial charge in [0.15, 0.2) is 0 Å². The molecule has 0 bridgehead atoms. The first-order chi connectivity index (χ1) is 5.86. The van der Waals surface area contributed by atoms with Crippen LogP contribution >= 0.6 is 0 Å². The van der Waals surface area contributed by atoms with Crippen LogP contribution in [-0.2, 0) is 6.54 Å². The topological polar surface area (TPSA) is 4.93 Å². The highest BCUT2D eigenvalue weighted by molar-refractivity contribution is 5.94. The molecule has 0 aliphatic carbocycles. The smallest absolute Gasteiger partial charge is 0.0560 e. The number of benzene rings is 1. The molecule has 0 spiro atoms. The summed E-state index contributed by atoms with van der Waals surface area (Å²) in [5, 5.41) is 1.33. The number of hydrogen-bond acceptors (Lipinski definition) is 0. The molecule has 1 aliphatic heterocycles. The van der Waals surface area contributed by atoms with Gasteiger partial charge in [0, 0.05) is 23.7 Å². The lowest BCUT2D eigenvalue weighted by atomic mass is 10.1. The van der Waals surface area contributed by atoms with E-state index < -0.39 is 0 Å². The molecule has 0 saturated carbocycles. The molecule has 58 valence electrons. The Morgan fingerprint density at radius 1 is 1.25 bits per heavy atom. The third kappa shape index (κ3) is 0.549. The van der Waals surface area contributed by atoms with E-state index >= 15 is 0 Å². The van der Waals surface area contributed by atoms with Gasteiger partial charge in [-0.1, -0.05) is 24.8 Å². The molecule has 0 fully saturated rings. The molecule has 0 radical (unpaired) electrons. The Morgan fingerprint density at radius 3 is 3.08 bits per heavy atom. The van der Waals surface area contributed by atoms with E-state index in [1.807, 2.05) is 0 Å². The van der Waals surface area contributed by atoms with Crippen molar-refractivity contribution in [1.29, 1.82) is 0 Å². The number of nitrogens with zero attached hydrogens (tertiary/aromatic N) is 1. The molecule has 2 aromatic rings. The summed E-state index contributed by atoms with van der Waals surface area (Å²) in [6, 6.07) is 8.55. The van der Waals surface area contributed by atoms with E-state index in [0.29, 0.717) is 0 Å². The minimum absolute atomic E-state index is 0.961. The molecule has 1 aromatic carbocycles. The lowest BCUT2D eigenvalue weighted by molar-refractivity contribution is 0.909. The van der Waals surface area contributed by atoms with Crippen LogP contribution in [0.15, 0.2) is 37.0 Å². The largest absolute Gasteiger partial charge is 0.343 e. The second-order valence-electron chi connectivity index (χ2n) is 3.29. The highest BCUT2D eigenvalue weighted by atomic mass is 15.0. The van der Waals surface area contributed by atoms with Crippen LogP contribution in [0, 0.1) is 0 Å². The standard InChI is InChI=1S/C11H9N/c1-8-7-12-6-5-9-3-2-4-10(8)11(9)12/h2-6H,1,7H2. The van der Waals surface area contributed by atoms with Crippen molar-refractivity contribution < 1.29 is 0 Å². The summed E-state index contributed by atoms with van der Waals surface area (Å²) in [6.07, 6.45) is 2.13. The normalized spacial score (nSPS) is 14.5. The maximum Gasteiger partial charge on any atom is 0.0560 e. The second-order valence-corrected chi connectivity index (χ2v) is 3.29. The van der Waals surface area contributed by atoms with Crippen LogP contribution in [0.2, 0.25) is 0 Å². The Labute approximate surface area is 70.9 Å². The zero-order chi connectivity index (χ0) is 8.13. The number of rotatable bonds is 0. The van der Waals surface area contributed by atoms with Gasteiger partial charge in [-0.3, -0.25) is 0 Å². The quantitative estimate of drug-likeness (QED) is 0.551. The molecule has 1 aromatic heterocycles. The minimum Gasteiger partial charge on any atom is -0.343 e. The van der Waals surface area contributed by atoms with Crippen LogP contribution in [0.3, 0.4) is 0 Å². The van der Waals surface area contributed by atoms with Crippen molar-refractivity contribution in [3.05, 3.63) is 42.6 Å². The van der Waals surface area contributed by atoms with Gasteiger partial charge in [-0.15, -0.1) is 0 Å². The maximum absolute atomic E-state index is 4.05. The molecule has 0 amide bonds. The van der Waals surface area contributed by atoms with Crippen molar-refractivity contribution in [2.24, 2.45) is 0 Å². The van der Waals surface area contributed by atoms with Gasteiger partial charge in [-0.25, -0.2) is 0 Å². The molecule has 12 heavy (non-hydrogen) atoms. The van der Waals surface area contributed by atoms with E-state index in [1.165, 1.54) is 22.0 Å². The van der Waals surface area contributed by atoms with Crippen LogP contribution in [0.1, 0.15) is 5.56 Å². The first-order valence-corrected chi connectivity index (χ1v) is 4.12. The van der Waals surface area contributed by atoms with E-state index in [4.69, 9.17) is 0 Å². The summed E-state index contributed by atoms with van der Waals surface area (Å²) in [6.45, 7) is 5.01. The molecular weight excluding hydrogens is 146 g/mol. The Kier molecular flexibility index (Phi) is 0.912. The van der Waals surface area contributed by atoms with E-state index in [1.54, 1.807) is 0 Å². The Hall–Kier alpha value is -1.50. The summed E-state index contributed by atoms with van der Waals surface area (Å²) in [5.41, 5.74) is 3.90. The Morgan fingerprint density at radius 2 is 2.17 bits per heavy atom. The van der Waals surface area contributed by atoms with Gasteiger partial charge in [0.05, 0.1) is 5.52 Å². The lowest BCUT2D eigenvalue weighted by Crippen LogP contribution is -1.85. The molecule has 1 nitrogen and oxygen atoms in total. The van der Waals surface area contributed by atoms with Crippen LogP contribution < -0.4 is 0 Å². The molecule has 1 aliphatic rings. The highest BCUT2D eigenvalue weighted by Gasteiger charge is 2.15. The summed E-state index contributed by atoms with van der Waals surface area (Å²) in [5.74, 6) is 0. The molecular formula is C11H9N. The van der Waals surface area contributed by atoms with E-state index in [9.17, 15) is 0 Å². The summed E-state index contributed by atoms with van der Waals surface area (Å²) < 4.78 is 2.26. The first-order valence-electron chi connectivity index (χ1n) is 4.12. The van der Waals surface area contributed by atoms with Crippen molar-refractivity contribution in [3.8, 4) is 0 Å². The SMILES string of the molecule is C=C1Cn2ccc3cccc1c32. The number of aromatic nitrogens is 1. The van der Waals surface area contributed by atoms with E-state index in [-0.39, 0.29) is 0 Å². The zero-order valence-corrected chi connectivity index (χ0v) is 6.75. The first kappa shape index (κ1) is 6.06. The molecule has 3 rings (SSSR count). The second kappa shape index (κ2) is 1.81. The molecule has 0 saturated heterocycles. The van der Waals surface area contributed by atoms with Crippen molar-refractivity contribution in [2.75, 3.05) is 0 Å². The van der Waals surface area contributed by atoms with Crippen molar-refractivity contribution >= 4 is 16.5 Å². The number of hydrogen-bond donors (Lipinski definition) is 0. The lowest BCUT2D eigenvalue weighted by Gasteiger charge is -1.94. The van der Waals surface area contributed by atoms with Crippen LogP contribution in [0.4, 0.5) is 0 Å². The summed E-state index contributed by atoms with van der Waals surface area (Å²) >= 11 is 0. The fraction of sp³-hybridized carbons (Fsp3) is 0.0909. The molecule has 1 heteroatoms. The molecule has 0 unspecified atom stereocenters. The molecule has 2 heterocycles. The van der Waals surface area contributed by atoms with Crippen LogP contribution in [-0.4, -0.2) is 4.57 Å². The Bertz CT molecular complexity index is 477. The van der Waals surface area contributed by atoms with Gasteiger partial charge < -0.3 is 4.57 Å². The minimum atomic E-state index is 0.961. The van der Waals surface area contributed by atoms with Crippen LogP contribution in [0.5, 0.6) is 0 Å². The molecule has 0 N–H and O–H groups in total. The predicted molar refractivity (Wildman–Crippen MR) is 51.0 cm³/mol. The summed E-state index contributed by atoms with van der Waals surface area (Å²) in [7, 11) is 0. The van der Waals surface area contributed by atoms with Gasteiger partial charge >= 0.3 is 0 Å². The number of allylic oxidation sites excluding steroid dienone is 1. The monoisotopic (exact) mass is 155 g/mol. The predicted octanol–water partition coefficient (Wildman–Crippen LogP) is 2.67. The average molecular weight is 155 g/mol. The third-order valence-electron chi connectivity index (χ3n) is 2.53. The van der Waals surface area contributed by atoms with Gasteiger partial charge in [0.2, 0.25) is 0 Å². The van der Waals surface area contributed by atoms with Crippen molar-refractivity contribution in [3.63, 3.8) is 0 Å². The van der Waals surface area contributed by atoms with E-state index in [0.717, 1.165) is 6.54 Å². The third-order valence-corrected chi connectivity index (χ3v) is 2.53. The van der Waals surface area contributed by atoms with Gasteiger partial charge in [0.25, 0.3) is 0 Å². The highest BCUT2D eigenvalue weighted by Crippen LogP contribution is 2.32. The van der Waals surface area contributed by atoms with Gasteiger partial charge in [0.1, 0.15) is 0 Å². The van der Waals surface area contributed by atoms with Crippen molar-refractivity contribution in [1.82, 2.24) is 4.57 Å². The Balaban J connectivity index is 2.60. The zero-order valence-electron chi connectivity index (χ0n) is 6.75. The fourth-order valence-corrected chi connectivity index (χ4v) is 1.97. The maximum atomic E-state index is 4.05. The van der Waals surface area contributed by atoms with Crippen molar-refractivity contribution in [2.45, 2.75) is 6.54 Å². The number of para-hydroxylation sites is 1. The fourth-order valence-electron chi connectivity index (χ4n) is 1.97. The average Bonchev–Trinajstić information content (AvgIpc) is 2.61. The van der Waals surface area contributed by atoms with E-state index in [2.05, 4.69) is 41.6 Å². The summed E-state index contributed by atoms with van der Waals surface area (Å²) in [4.78, 5) is 0. The van der Waals surface area contributed by atoms with Crippen LogP contribution in [0.25, 0.3) is 16.5 Å².